The van der Waals surface area contributed by atoms with E-state index in [9.17, 15) is 0 Å². The van der Waals surface area contributed by atoms with Crippen LogP contribution in [-0.2, 0) is 0 Å². The molecular weight excluding hydrogens is 166 g/mol. The zero-order valence-electron chi connectivity index (χ0n) is 6.60. The third kappa shape index (κ3) is 1.37. The molecule has 2 aromatic rings. The first-order valence-electron chi connectivity index (χ1n) is 3.56. The van der Waals surface area contributed by atoms with E-state index in [0.717, 1.165) is 5.56 Å². The molecule has 2 heterocycles. The third-order valence-electron chi connectivity index (χ3n) is 1.51. The average Bonchev–Trinajstić information content (AvgIpc) is 2.71. The highest BCUT2D eigenvalue weighted by Gasteiger charge is 2.01. The molecule has 0 unspecified atom stereocenters. The molecule has 1 N–H and O–H groups in total. The number of tetrazole rings is 1. The first-order valence-corrected chi connectivity index (χ1v) is 3.56. The summed E-state index contributed by atoms with van der Waals surface area (Å²) in [5.74, 6) is 2.93. The Bertz CT molecular complexity index is 423. The van der Waals surface area contributed by atoms with E-state index in [0.29, 0.717) is 11.5 Å². The minimum atomic E-state index is 0.510. The molecule has 0 atom stereocenters. The molecule has 5 nitrogen and oxygen atoms in total. The van der Waals surface area contributed by atoms with Crippen molar-refractivity contribution >= 4 is 0 Å². The van der Waals surface area contributed by atoms with E-state index in [-0.39, 0.29) is 0 Å². The zero-order chi connectivity index (χ0) is 9.10. The van der Waals surface area contributed by atoms with Crippen molar-refractivity contribution in [2.45, 2.75) is 0 Å². The van der Waals surface area contributed by atoms with E-state index < -0.39 is 0 Å². The summed E-state index contributed by atoms with van der Waals surface area (Å²) >= 11 is 0. The van der Waals surface area contributed by atoms with Gasteiger partial charge in [0, 0.05) is 11.8 Å². The Morgan fingerprint density at radius 3 is 2.85 bits per heavy atom. The van der Waals surface area contributed by atoms with Gasteiger partial charge in [0.05, 0.1) is 0 Å². The molecule has 0 aliphatic heterocycles. The molecule has 0 spiro atoms. The van der Waals surface area contributed by atoms with Crippen LogP contribution in [0.2, 0.25) is 0 Å². The summed E-state index contributed by atoms with van der Waals surface area (Å²) < 4.78 is 0. The number of H-pyrrole nitrogens is 1. The molecule has 0 radical (unpaired) electrons. The van der Waals surface area contributed by atoms with Crippen LogP contribution in [0.25, 0.3) is 11.4 Å². The second kappa shape index (κ2) is 3.03. The summed E-state index contributed by atoms with van der Waals surface area (Å²) in [6, 6.07) is 3.53. The van der Waals surface area contributed by atoms with Crippen molar-refractivity contribution in [1.29, 1.82) is 0 Å². The molecular formula is C8H5N5. The smallest absolute Gasteiger partial charge is 0.206 e. The Kier molecular flexibility index (Phi) is 1.73. The Morgan fingerprint density at radius 1 is 1.38 bits per heavy atom. The van der Waals surface area contributed by atoms with Gasteiger partial charge >= 0.3 is 0 Å². The fourth-order valence-corrected chi connectivity index (χ4v) is 0.896. The van der Waals surface area contributed by atoms with Gasteiger partial charge in [0.25, 0.3) is 0 Å². The zero-order valence-corrected chi connectivity index (χ0v) is 6.60. The number of terminal acetylenes is 1. The lowest BCUT2D eigenvalue weighted by Gasteiger charge is -1.92. The van der Waals surface area contributed by atoms with Crippen LogP contribution in [0.1, 0.15) is 5.69 Å². The monoisotopic (exact) mass is 171 g/mol. The quantitative estimate of drug-likeness (QED) is 0.624. The van der Waals surface area contributed by atoms with Gasteiger partial charge in [-0.05, 0) is 17.3 Å². The highest BCUT2D eigenvalue weighted by atomic mass is 15.5. The van der Waals surface area contributed by atoms with Crippen molar-refractivity contribution < 1.29 is 0 Å². The number of hydrogen-bond donors (Lipinski definition) is 1. The third-order valence-corrected chi connectivity index (χ3v) is 1.51. The summed E-state index contributed by atoms with van der Waals surface area (Å²) in [6.45, 7) is 0. The van der Waals surface area contributed by atoms with Crippen LogP contribution in [0.4, 0.5) is 0 Å². The van der Waals surface area contributed by atoms with Crippen LogP contribution < -0.4 is 0 Å². The molecule has 0 saturated heterocycles. The molecule has 0 aromatic carbocycles. The molecule has 2 rings (SSSR count). The lowest BCUT2D eigenvalue weighted by Crippen LogP contribution is -1.85. The van der Waals surface area contributed by atoms with Gasteiger partial charge in [-0.15, -0.1) is 16.6 Å². The van der Waals surface area contributed by atoms with Gasteiger partial charge < -0.3 is 0 Å². The van der Waals surface area contributed by atoms with Gasteiger partial charge in [0.15, 0.2) is 0 Å². The predicted molar refractivity (Wildman–Crippen MR) is 45.3 cm³/mol. The van der Waals surface area contributed by atoms with Gasteiger partial charge in [-0.25, -0.2) is 4.98 Å². The minimum absolute atomic E-state index is 0.510. The molecule has 13 heavy (non-hydrogen) atoms. The Hall–Kier alpha value is -2.22. The number of pyridine rings is 1. The Balaban J connectivity index is 2.40. The maximum Gasteiger partial charge on any atom is 0.206 e. The second-order valence-corrected chi connectivity index (χ2v) is 2.31. The summed E-state index contributed by atoms with van der Waals surface area (Å²) in [6.07, 6.45) is 6.77. The van der Waals surface area contributed by atoms with E-state index >= 15 is 0 Å². The van der Waals surface area contributed by atoms with Gasteiger partial charge in [-0.2, -0.15) is 5.21 Å². The lowest BCUT2D eigenvalue weighted by atomic mass is 10.2. The number of hydrogen-bond acceptors (Lipinski definition) is 4. The second-order valence-electron chi connectivity index (χ2n) is 2.31. The summed E-state index contributed by atoms with van der Waals surface area (Å²) in [5, 5.41) is 13.4. The minimum Gasteiger partial charge on any atom is -0.247 e. The van der Waals surface area contributed by atoms with Crippen molar-refractivity contribution in [3.63, 3.8) is 0 Å². The van der Waals surface area contributed by atoms with Crippen LogP contribution in [0, 0.1) is 12.3 Å². The van der Waals surface area contributed by atoms with Gasteiger partial charge in [0.2, 0.25) is 5.82 Å². The van der Waals surface area contributed by atoms with E-state index in [1.165, 1.54) is 0 Å². The van der Waals surface area contributed by atoms with Gasteiger partial charge in [-0.1, -0.05) is 5.92 Å². The number of aromatic amines is 1. The van der Waals surface area contributed by atoms with E-state index in [1.807, 2.05) is 0 Å². The summed E-state index contributed by atoms with van der Waals surface area (Å²) in [5.41, 5.74) is 1.37. The van der Waals surface area contributed by atoms with Crippen LogP contribution in [0.15, 0.2) is 18.3 Å². The van der Waals surface area contributed by atoms with Crippen molar-refractivity contribution in [2.75, 3.05) is 0 Å². The van der Waals surface area contributed by atoms with Crippen molar-refractivity contribution in [1.82, 2.24) is 25.6 Å². The maximum absolute atomic E-state index is 5.16. The fourth-order valence-electron chi connectivity index (χ4n) is 0.896. The van der Waals surface area contributed by atoms with Crippen LogP contribution >= 0.6 is 0 Å². The average molecular weight is 171 g/mol. The maximum atomic E-state index is 5.16. The van der Waals surface area contributed by atoms with Gasteiger partial charge in [0.1, 0.15) is 5.69 Å². The molecule has 0 aliphatic carbocycles. The first-order chi connectivity index (χ1) is 6.40. The molecule has 5 heteroatoms. The number of nitrogens with one attached hydrogen (secondary N) is 1. The topological polar surface area (TPSA) is 67.3 Å². The molecule has 0 bridgehead atoms. The highest BCUT2D eigenvalue weighted by molar-refractivity contribution is 5.52. The van der Waals surface area contributed by atoms with Crippen molar-refractivity contribution in [3.05, 3.63) is 24.0 Å². The molecule has 0 amide bonds. The van der Waals surface area contributed by atoms with Gasteiger partial charge in [-0.3, -0.25) is 0 Å². The molecule has 62 valence electrons. The molecule has 0 saturated carbocycles. The largest absolute Gasteiger partial charge is 0.247 e. The summed E-state index contributed by atoms with van der Waals surface area (Å²) in [4.78, 5) is 4.00. The Labute approximate surface area is 74.2 Å². The van der Waals surface area contributed by atoms with Crippen LogP contribution in [-0.4, -0.2) is 25.6 Å². The van der Waals surface area contributed by atoms with E-state index in [2.05, 4.69) is 31.5 Å². The summed E-state index contributed by atoms with van der Waals surface area (Å²) in [7, 11) is 0. The normalized spacial score (nSPS) is 9.46. The standard InChI is InChI=1S/C8H5N5/c1-2-7-4-3-6(5-9-7)8-10-12-13-11-8/h1,3-5H,(H,10,11,12,13). The van der Waals surface area contributed by atoms with Crippen molar-refractivity contribution in [2.24, 2.45) is 0 Å². The predicted octanol–water partition coefficient (Wildman–Crippen LogP) is 0.243. The SMILES string of the molecule is C#Cc1ccc(-c2nn[nH]n2)cn1. The van der Waals surface area contributed by atoms with Crippen LogP contribution in [0.3, 0.4) is 0 Å². The lowest BCUT2D eigenvalue weighted by molar-refractivity contribution is 0.881. The Morgan fingerprint density at radius 2 is 2.31 bits per heavy atom. The molecule has 2 aromatic heterocycles. The fraction of sp³-hybridized carbons (Fsp3) is 0. The number of nitrogens with zero attached hydrogens (tertiary/aromatic N) is 4. The molecule has 0 aliphatic rings. The number of aromatic nitrogens is 5. The van der Waals surface area contributed by atoms with E-state index in [1.54, 1.807) is 18.3 Å². The first kappa shape index (κ1) is 7.43. The highest BCUT2D eigenvalue weighted by Crippen LogP contribution is 2.10. The van der Waals surface area contributed by atoms with Crippen LogP contribution in [0.5, 0.6) is 0 Å². The van der Waals surface area contributed by atoms with E-state index in [4.69, 9.17) is 6.42 Å². The number of rotatable bonds is 1. The molecule has 0 fully saturated rings. The van der Waals surface area contributed by atoms with Crippen molar-refractivity contribution in [3.8, 4) is 23.7 Å².